The van der Waals surface area contributed by atoms with E-state index in [1.165, 1.54) is 6.07 Å². The van der Waals surface area contributed by atoms with E-state index in [-0.39, 0.29) is 0 Å². The van der Waals surface area contributed by atoms with Gasteiger partial charge in [-0.2, -0.15) is 4.39 Å². The maximum absolute atomic E-state index is 13.9. The zero-order valence-corrected chi connectivity index (χ0v) is 13.6. The van der Waals surface area contributed by atoms with Crippen molar-refractivity contribution >= 4 is 0 Å². The van der Waals surface area contributed by atoms with Gasteiger partial charge in [0.05, 0.1) is 0 Å². The molecule has 0 amide bonds. The van der Waals surface area contributed by atoms with E-state index in [4.69, 9.17) is 0 Å². The number of nitrogens with zero attached hydrogens (tertiary/aromatic N) is 2. The van der Waals surface area contributed by atoms with Crippen LogP contribution in [0.1, 0.15) is 16.7 Å². The van der Waals surface area contributed by atoms with Crippen LogP contribution in [0.15, 0.2) is 103 Å². The fourth-order valence-corrected chi connectivity index (χ4v) is 3.42. The van der Waals surface area contributed by atoms with E-state index in [1.807, 2.05) is 54.6 Å². The lowest BCUT2D eigenvalue weighted by molar-refractivity contribution is 0.431. The summed E-state index contributed by atoms with van der Waals surface area (Å²) >= 11 is 0. The average molecular weight is 328 g/mol. The summed E-state index contributed by atoms with van der Waals surface area (Å²) in [5.41, 5.74) is 2.33. The summed E-state index contributed by atoms with van der Waals surface area (Å²) < 4.78 is 15.6. The molecule has 0 bridgehead atoms. The summed E-state index contributed by atoms with van der Waals surface area (Å²) in [7, 11) is 0. The van der Waals surface area contributed by atoms with Crippen LogP contribution in [-0.4, -0.2) is 9.78 Å². The summed E-state index contributed by atoms with van der Waals surface area (Å²) in [5, 5.41) is 4.16. The Bertz CT molecular complexity index is 850. The van der Waals surface area contributed by atoms with Crippen LogP contribution in [-0.2, 0) is 5.54 Å². The largest absolute Gasteiger partial charge is 0.250 e. The lowest BCUT2D eigenvalue weighted by Gasteiger charge is -2.36. The van der Waals surface area contributed by atoms with Crippen LogP contribution in [0, 0.1) is 5.95 Å². The molecule has 122 valence electrons. The van der Waals surface area contributed by atoms with Crippen molar-refractivity contribution < 1.29 is 4.39 Å². The molecule has 0 saturated carbocycles. The normalized spacial score (nSPS) is 11.4. The highest BCUT2D eigenvalue weighted by atomic mass is 19.1. The van der Waals surface area contributed by atoms with Crippen molar-refractivity contribution in [2.75, 3.05) is 0 Å². The quantitative estimate of drug-likeness (QED) is 0.489. The van der Waals surface area contributed by atoms with E-state index in [0.717, 1.165) is 16.7 Å². The van der Waals surface area contributed by atoms with Crippen LogP contribution in [0.5, 0.6) is 0 Å². The first-order valence-electron chi connectivity index (χ1n) is 8.20. The minimum atomic E-state index is -0.742. The monoisotopic (exact) mass is 328 g/mol. The number of aromatic nitrogens is 2. The molecule has 0 aliphatic heterocycles. The molecule has 3 heteroatoms. The highest BCUT2D eigenvalue weighted by molar-refractivity contribution is 5.50. The number of benzene rings is 3. The molecule has 1 aromatic heterocycles. The summed E-state index contributed by atoms with van der Waals surface area (Å²) in [6.07, 6.45) is 1.70. The zero-order valence-electron chi connectivity index (χ0n) is 13.6. The van der Waals surface area contributed by atoms with Gasteiger partial charge in [-0.15, -0.1) is 5.10 Å². The fraction of sp³-hybridized carbons (Fsp3) is 0.0455. The second-order valence-electron chi connectivity index (χ2n) is 5.89. The van der Waals surface area contributed by atoms with Gasteiger partial charge in [0.15, 0.2) is 0 Å². The number of hydrogen-bond donors (Lipinski definition) is 0. The number of halogens is 1. The molecule has 0 radical (unpaired) electrons. The van der Waals surface area contributed by atoms with Crippen LogP contribution in [0.25, 0.3) is 0 Å². The third-order valence-corrected chi connectivity index (χ3v) is 4.47. The second-order valence-corrected chi connectivity index (χ2v) is 5.89. The van der Waals surface area contributed by atoms with Crippen LogP contribution >= 0.6 is 0 Å². The molecule has 1 heterocycles. The Labute approximate surface area is 146 Å². The Morgan fingerprint density at radius 1 is 0.600 bits per heavy atom. The van der Waals surface area contributed by atoms with Crippen molar-refractivity contribution in [2.45, 2.75) is 5.54 Å². The average Bonchev–Trinajstić information content (AvgIpc) is 3.12. The number of rotatable bonds is 4. The third-order valence-electron chi connectivity index (χ3n) is 4.47. The number of hydrogen-bond acceptors (Lipinski definition) is 1. The molecule has 0 atom stereocenters. The van der Waals surface area contributed by atoms with E-state index < -0.39 is 11.5 Å². The molecule has 4 rings (SSSR count). The standard InChI is InChI=1S/C22H17FN2/c23-21-16-17-25(24-21)22(18-10-4-1-5-11-18,19-12-6-2-7-13-19)20-14-8-3-9-15-20/h1-17H. The van der Waals surface area contributed by atoms with Gasteiger partial charge in [0.2, 0.25) is 5.95 Å². The molecular weight excluding hydrogens is 311 g/mol. The molecule has 0 fully saturated rings. The van der Waals surface area contributed by atoms with Crippen LogP contribution < -0.4 is 0 Å². The van der Waals surface area contributed by atoms with Gasteiger partial charge in [-0.05, 0) is 16.7 Å². The summed E-state index contributed by atoms with van der Waals surface area (Å²) in [5.74, 6) is -0.493. The molecule has 0 spiro atoms. The first-order valence-corrected chi connectivity index (χ1v) is 8.20. The van der Waals surface area contributed by atoms with Crippen LogP contribution in [0.4, 0.5) is 4.39 Å². The van der Waals surface area contributed by atoms with E-state index >= 15 is 0 Å². The SMILES string of the molecule is Fc1ccn(C(c2ccccc2)(c2ccccc2)c2ccccc2)n1. The highest BCUT2D eigenvalue weighted by Gasteiger charge is 2.39. The van der Waals surface area contributed by atoms with Crippen LogP contribution in [0.2, 0.25) is 0 Å². The predicted octanol–water partition coefficient (Wildman–Crippen LogP) is 4.86. The molecule has 2 nitrogen and oxygen atoms in total. The first-order chi connectivity index (χ1) is 12.3. The Kier molecular flexibility index (Phi) is 3.90. The smallest absolute Gasteiger partial charge is 0.232 e. The molecule has 4 aromatic rings. The van der Waals surface area contributed by atoms with E-state index in [2.05, 4.69) is 41.5 Å². The molecular formula is C22H17FN2. The van der Waals surface area contributed by atoms with Gasteiger partial charge < -0.3 is 0 Å². The summed E-state index contributed by atoms with van der Waals surface area (Å²) in [6.45, 7) is 0. The molecule has 3 aromatic carbocycles. The van der Waals surface area contributed by atoms with Crippen molar-refractivity contribution in [1.29, 1.82) is 0 Å². The topological polar surface area (TPSA) is 17.8 Å². The van der Waals surface area contributed by atoms with Gasteiger partial charge in [0.1, 0.15) is 5.54 Å². The van der Waals surface area contributed by atoms with E-state index in [0.29, 0.717) is 0 Å². The van der Waals surface area contributed by atoms with Crippen LogP contribution in [0.3, 0.4) is 0 Å². The van der Waals surface area contributed by atoms with Gasteiger partial charge in [0.25, 0.3) is 0 Å². The maximum Gasteiger partial charge on any atom is 0.232 e. The van der Waals surface area contributed by atoms with Gasteiger partial charge >= 0.3 is 0 Å². The lowest BCUT2D eigenvalue weighted by atomic mass is 9.77. The van der Waals surface area contributed by atoms with Gasteiger partial charge in [0, 0.05) is 12.3 Å². The minimum Gasteiger partial charge on any atom is -0.250 e. The Morgan fingerprint density at radius 2 is 1.00 bits per heavy atom. The van der Waals surface area contributed by atoms with Crippen molar-refractivity contribution in [3.63, 3.8) is 0 Å². The van der Waals surface area contributed by atoms with Gasteiger partial charge in [-0.3, -0.25) is 4.68 Å². The van der Waals surface area contributed by atoms with Crippen molar-refractivity contribution in [3.8, 4) is 0 Å². The summed E-state index contributed by atoms with van der Waals surface area (Å²) in [4.78, 5) is 0. The second kappa shape index (κ2) is 6.36. The van der Waals surface area contributed by atoms with Crippen molar-refractivity contribution in [2.24, 2.45) is 0 Å². The molecule has 25 heavy (non-hydrogen) atoms. The first kappa shape index (κ1) is 15.3. The van der Waals surface area contributed by atoms with Crippen molar-refractivity contribution in [1.82, 2.24) is 9.78 Å². The third kappa shape index (κ3) is 2.54. The van der Waals surface area contributed by atoms with Gasteiger partial charge in [-0.1, -0.05) is 91.0 Å². The lowest BCUT2D eigenvalue weighted by Crippen LogP contribution is -2.38. The molecule has 0 aliphatic carbocycles. The van der Waals surface area contributed by atoms with E-state index in [9.17, 15) is 4.39 Å². The summed E-state index contributed by atoms with van der Waals surface area (Å²) in [6, 6.07) is 31.6. The maximum atomic E-state index is 13.9. The Balaban J connectivity index is 2.12. The zero-order chi connectivity index (χ0) is 17.1. The fourth-order valence-electron chi connectivity index (χ4n) is 3.42. The molecule has 0 N–H and O–H groups in total. The predicted molar refractivity (Wildman–Crippen MR) is 96.8 cm³/mol. The minimum absolute atomic E-state index is 0.493. The molecule has 0 unspecified atom stereocenters. The Hall–Kier alpha value is -3.20. The van der Waals surface area contributed by atoms with Crippen molar-refractivity contribution in [3.05, 3.63) is 126 Å². The van der Waals surface area contributed by atoms with E-state index in [1.54, 1.807) is 10.9 Å². The highest BCUT2D eigenvalue weighted by Crippen LogP contribution is 2.40. The molecule has 0 aliphatic rings. The van der Waals surface area contributed by atoms with Gasteiger partial charge in [-0.25, -0.2) is 0 Å². The molecule has 0 saturated heterocycles. The Morgan fingerprint density at radius 3 is 1.32 bits per heavy atom.